The number of carbonyl (C=O) groups is 2. The molecule has 1 saturated heterocycles. The maximum Gasteiger partial charge on any atom is 0.328 e. The molecule has 5 nitrogen and oxygen atoms in total. The Kier molecular flexibility index (Phi) is 3.11. The lowest BCUT2D eigenvalue weighted by molar-refractivity contribution is -0.272. The molecule has 1 rings (SSSR count). The van der Waals surface area contributed by atoms with E-state index in [-0.39, 0.29) is 0 Å². The Morgan fingerprint density at radius 1 is 1.53 bits per heavy atom. The smallest absolute Gasteiger partial charge is 0.328 e. The molecule has 1 heterocycles. The van der Waals surface area contributed by atoms with Crippen molar-refractivity contribution in [3.8, 4) is 0 Å². The average Bonchev–Trinajstić information content (AvgIpc) is 2.14. The fourth-order valence-electron chi connectivity index (χ4n) is 1.50. The highest BCUT2D eigenvalue weighted by Crippen LogP contribution is 2.31. The summed E-state index contributed by atoms with van der Waals surface area (Å²) in [4.78, 5) is 22.2. The van der Waals surface area contributed by atoms with Crippen molar-refractivity contribution in [3.63, 3.8) is 0 Å². The highest BCUT2D eigenvalue weighted by atomic mass is 19.3. The molecule has 7 heteroatoms. The van der Waals surface area contributed by atoms with E-state index in [1.54, 1.807) is 0 Å². The number of carboxylic acid groups (broad SMARTS) is 1. The number of amides is 1. The van der Waals surface area contributed by atoms with E-state index in [1.165, 1.54) is 0 Å². The normalized spacial score (nSPS) is 24.7. The van der Waals surface area contributed by atoms with E-state index in [2.05, 4.69) is 4.74 Å². The van der Waals surface area contributed by atoms with Gasteiger partial charge in [-0.15, -0.1) is 0 Å². The van der Waals surface area contributed by atoms with Crippen LogP contribution in [0.4, 0.5) is 13.6 Å². The molecule has 1 amide bonds. The van der Waals surface area contributed by atoms with Gasteiger partial charge in [-0.2, -0.15) is 0 Å². The minimum absolute atomic E-state index is 0.422. The van der Waals surface area contributed by atoms with Gasteiger partial charge in [0, 0.05) is 19.4 Å². The van der Waals surface area contributed by atoms with E-state index in [1.807, 2.05) is 0 Å². The summed E-state index contributed by atoms with van der Waals surface area (Å²) in [6, 6.07) is -1.47. The van der Waals surface area contributed by atoms with Crippen molar-refractivity contribution in [1.29, 1.82) is 0 Å². The molecule has 0 aliphatic carbocycles. The predicted molar refractivity (Wildman–Crippen MR) is 42.1 cm³/mol. The van der Waals surface area contributed by atoms with Crippen molar-refractivity contribution in [3.05, 3.63) is 0 Å². The Bertz CT molecular complexity index is 282. The summed E-state index contributed by atoms with van der Waals surface area (Å²) in [5.41, 5.74) is 0. The van der Waals surface area contributed by atoms with Gasteiger partial charge in [0.25, 0.3) is 5.92 Å². The van der Waals surface area contributed by atoms with Crippen LogP contribution in [-0.4, -0.2) is 42.6 Å². The van der Waals surface area contributed by atoms with Crippen molar-refractivity contribution in [1.82, 2.24) is 4.90 Å². The maximum atomic E-state index is 12.9. The number of hydrogen-bond acceptors (Lipinski definition) is 4. The van der Waals surface area contributed by atoms with Crippen LogP contribution in [0, 0.1) is 0 Å². The fourth-order valence-corrected chi connectivity index (χ4v) is 1.50. The molecule has 0 radical (unpaired) electrons. The van der Waals surface area contributed by atoms with Crippen LogP contribution >= 0.6 is 0 Å². The first-order valence-electron chi connectivity index (χ1n) is 4.30. The van der Waals surface area contributed by atoms with Gasteiger partial charge in [-0.25, -0.2) is 13.6 Å². The molecular formula is C8H10F2NO4-. The Morgan fingerprint density at radius 3 is 2.60 bits per heavy atom. The lowest BCUT2D eigenvalue weighted by atomic mass is 9.99. The molecule has 15 heavy (non-hydrogen) atoms. The zero-order valence-corrected chi connectivity index (χ0v) is 8.03. The highest BCUT2D eigenvalue weighted by Gasteiger charge is 2.44. The summed E-state index contributed by atoms with van der Waals surface area (Å²) in [6.07, 6.45) is -3.09. The van der Waals surface area contributed by atoms with E-state index >= 15 is 0 Å². The number of alkyl halides is 2. The Balaban J connectivity index is 2.83. The number of hydrogen-bond donors (Lipinski definition) is 0. The lowest BCUT2D eigenvalue weighted by Crippen LogP contribution is -2.57. The average molecular weight is 222 g/mol. The van der Waals surface area contributed by atoms with Gasteiger partial charge >= 0.3 is 5.97 Å². The van der Waals surface area contributed by atoms with Crippen LogP contribution in [0.25, 0.3) is 0 Å². The van der Waals surface area contributed by atoms with Gasteiger partial charge in [-0.1, -0.05) is 0 Å². The summed E-state index contributed by atoms with van der Waals surface area (Å²) < 4.78 is 30.1. The molecule has 0 bridgehead atoms. The molecule has 86 valence electrons. The van der Waals surface area contributed by atoms with Crippen molar-refractivity contribution < 1.29 is 28.2 Å². The molecule has 1 aliphatic rings. The minimum Gasteiger partial charge on any atom is -0.530 e. The minimum atomic E-state index is -3.04. The fraction of sp³-hybridized carbons (Fsp3) is 0.750. The molecule has 1 atom stereocenters. The summed E-state index contributed by atoms with van der Waals surface area (Å²) in [6.45, 7) is -0.422. The number of carbonyl (C=O) groups excluding carboxylic acids is 2. The van der Waals surface area contributed by atoms with E-state index in [9.17, 15) is 23.5 Å². The Morgan fingerprint density at radius 2 is 2.13 bits per heavy atom. The van der Waals surface area contributed by atoms with E-state index < -0.39 is 43.4 Å². The maximum absolute atomic E-state index is 12.9. The number of likely N-dealkylation sites (tertiary alicyclic amines) is 1. The van der Waals surface area contributed by atoms with Crippen molar-refractivity contribution >= 4 is 12.1 Å². The van der Waals surface area contributed by atoms with Crippen LogP contribution in [0.2, 0.25) is 0 Å². The van der Waals surface area contributed by atoms with Crippen molar-refractivity contribution in [2.24, 2.45) is 0 Å². The van der Waals surface area contributed by atoms with Gasteiger partial charge < -0.3 is 19.5 Å². The molecule has 1 fully saturated rings. The zero-order valence-electron chi connectivity index (χ0n) is 8.03. The second-order valence-corrected chi connectivity index (χ2v) is 3.31. The van der Waals surface area contributed by atoms with Gasteiger partial charge in [-0.05, 0) is 0 Å². The van der Waals surface area contributed by atoms with Crippen LogP contribution in [0.1, 0.15) is 12.8 Å². The third-order valence-corrected chi connectivity index (χ3v) is 2.29. The second kappa shape index (κ2) is 4.00. The molecule has 0 aromatic carbocycles. The van der Waals surface area contributed by atoms with Gasteiger partial charge in [0.1, 0.15) is 12.1 Å². The van der Waals surface area contributed by atoms with Gasteiger partial charge in [0.15, 0.2) is 0 Å². The molecular weight excluding hydrogens is 212 g/mol. The summed E-state index contributed by atoms with van der Waals surface area (Å²) in [7, 11) is 1.02. The number of piperidine rings is 1. The van der Waals surface area contributed by atoms with Crippen LogP contribution in [-0.2, 0) is 9.53 Å². The van der Waals surface area contributed by atoms with Crippen LogP contribution in [0.15, 0.2) is 0 Å². The largest absolute Gasteiger partial charge is 0.530 e. The molecule has 1 unspecified atom stereocenters. The molecule has 1 aliphatic heterocycles. The number of esters is 1. The molecule has 0 aromatic heterocycles. The second-order valence-electron chi connectivity index (χ2n) is 3.31. The van der Waals surface area contributed by atoms with Crippen molar-refractivity contribution in [2.75, 3.05) is 13.7 Å². The third kappa shape index (κ3) is 2.54. The molecule has 0 saturated carbocycles. The van der Waals surface area contributed by atoms with E-state index in [0.29, 0.717) is 4.90 Å². The number of nitrogens with zero attached hydrogens (tertiary/aromatic N) is 1. The van der Waals surface area contributed by atoms with Crippen LogP contribution in [0.3, 0.4) is 0 Å². The first-order chi connectivity index (χ1) is 6.87. The Labute approximate surface area is 84.6 Å². The monoisotopic (exact) mass is 222 g/mol. The quantitative estimate of drug-likeness (QED) is 0.566. The Hall–Kier alpha value is -1.40. The number of rotatable bonds is 1. The summed E-state index contributed by atoms with van der Waals surface area (Å²) in [5, 5.41) is 10.6. The van der Waals surface area contributed by atoms with Crippen LogP contribution in [0.5, 0.6) is 0 Å². The SMILES string of the molecule is COC(=O)C1CC(F)(F)CCN1C(=O)[O-]. The van der Waals surface area contributed by atoms with Gasteiger partial charge in [0.05, 0.1) is 7.11 Å². The molecule has 0 N–H and O–H groups in total. The van der Waals surface area contributed by atoms with Gasteiger partial charge in [-0.3, -0.25) is 0 Å². The zero-order chi connectivity index (χ0) is 11.6. The number of ether oxygens (including phenoxy) is 1. The topological polar surface area (TPSA) is 69.7 Å². The predicted octanol–water partition coefficient (Wildman–Crippen LogP) is -0.398. The summed E-state index contributed by atoms with van der Waals surface area (Å²) >= 11 is 0. The van der Waals surface area contributed by atoms with E-state index in [0.717, 1.165) is 7.11 Å². The van der Waals surface area contributed by atoms with Gasteiger partial charge in [0.2, 0.25) is 0 Å². The molecule has 0 spiro atoms. The number of methoxy groups -OCH3 is 1. The highest BCUT2D eigenvalue weighted by molar-refractivity contribution is 5.80. The standard InChI is InChI=1S/C8H11F2NO4/c1-15-6(12)5-4-8(9,10)2-3-11(5)7(13)14/h5H,2-4H2,1H3,(H,13,14)/p-1. The molecule has 0 aromatic rings. The van der Waals surface area contributed by atoms with Crippen LogP contribution < -0.4 is 5.11 Å². The first kappa shape index (κ1) is 11.7. The van der Waals surface area contributed by atoms with E-state index in [4.69, 9.17) is 0 Å². The summed E-state index contributed by atoms with van der Waals surface area (Å²) in [5.74, 6) is -4.02. The third-order valence-electron chi connectivity index (χ3n) is 2.29. The number of halogens is 2. The first-order valence-corrected chi connectivity index (χ1v) is 4.30. The lowest BCUT2D eigenvalue weighted by Gasteiger charge is -2.38. The van der Waals surface area contributed by atoms with Crippen molar-refractivity contribution in [2.45, 2.75) is 24.8 Å².